The number of rotatable bonds is 5. The van der Waals surface area contributed by atoms with Gasteiger partial charge in [-0.2, -0.15) is 0 Å². The number of aryl methyl sites for hydroxylation is 1. The minimum absolute atomic E-state index is 0.627. The first kappa shape index (κ1) is 11.0. The minimum Gasteiger partial charge on any atom is -0.486 e. The van der Waals surface area contributed by atoms with Crippen LogP contribution in [0.1, 0.15) is 24.8 Å². The van der Waals surface area contributed by atoms with Crippen LogP contribution in [-0.4, -0.2) is 19.5 Å². The summed E-state index contributed by atoms with van der Waals surface area (Å²) >= 11 is 0. The Labute approximate surface area is 95.4 Å². The van der Waals surface area contributed by atoms with Crippen LogP contribution in [0.2, 0.25) is 0 Å². The highest BCUT2D eigenvalue weighted by Crippen LogP contribution is 2.31. The molecule has 0 spiro atoms. The normalized spacial score (nSPS) is 13.5. The van der Waals surface area contributed by atoms with Gasteiger partial charge in [-0.1, -0.05) is 6.07 Å². The minimum atomic E-state index is 0.627. The lowest BCUT2D eigenvalue weighted by Gasteiger charge is -2.18. The molecule has 0 radical (unpaired) electrons. The maximum atomic E-state index is 10.2. The third-order valence-electron chi connectivity index (χ3n) is 2.64. The second-order valence-electron chi connectivity index (χ2n) is 3.89. The number of hydrogen-bond acceptors (Lipinski definition) is 3. The van der Waals surface area contributed by atoms with Crippen LogP contribution in [-0.2, 0) is 11.2 Å². The lowest BCUT2D eigenvalue weighted by atomic mass is 10.1. The first-order valence-corrected chi connectivity index (χ1v) is 5.72. The molecule has 3 nitrogen and oxygen atoms in total. The molecule has 0 aromatic heterocycles. The molecule has 0 atom stereocenters. The lowest BCUT2D eigenvalue weighted by Crippen LogP contribution is -2.15. The highest BCUT2D eigenvalue weighted by molar-refractivity contribution is 5.49. The van der Waals surface area contributed by atoms with Crippen molar-refractivity contribution in [2.24, 2.45) is 0 Å². The van der Waals surface area contributed by atoms with E-state index in [0.29, 0.717) is 19.6 Å². The summed E-state index contributed by atoms with van der Waals surface area (Å²) in [6, 6.07) is 6.06. The first-order valence-electron chi connectivity index (χ1n) is 5.72. The molecule has 1 aliphatic heterocycles. The summed E-state index contributed by atoms with van der Waals surface area (Å²) < 4.78 is 11.0. The molecule has 1 heterocycles. The van der Waals surface area contributed by atoms with Crippen molar-refractivity contribution in [3.63, 3.8) is 0 Å². The number of ether oxygens (including phenoxy) is 2. The van der Waals surface area contributed by atoms with Gasteiger partial charge in [-0.25, -0.2) is 0 Å². The standard InChI is InChI=1S/C13H16O3/c14-7-3-1-2-4-11-5-6-12-13(10-11)16-9-8-15-12/h5-7,10H,1-4,8-9H2. The van der Waals surface area contributed by atoms with Gasteiger partial charge in [0.15, 0.2) is 11.5 Å². The second-order valence-corrected chi connectivity index (χ2v) is 3.89. The highest BCUT2D eigenvalue weighted by atomic mass is 16.6. The third kappa shape index (κ3) is 2.75. The fraction of sp³-hybridized carbons (Fsp3) is 0.462. The molecule has 1 aliphatic rings. The monoisotopic (exact) mass is 220 g/mol. The van der Waals surface area contributed by atoms with Gasteiger partial charge in [0.1, 0.15) is 19.5 Å². The molecular weight excluding hydrogens is 204 g/mol. The fourth-order valence-corrected chi connectivity index (χ4v) is 1.80. The Balaban J connectivity index is 1.92. The number of hydrogen-bond donors (Lipinski definition) is 0. The molecule has 3 heteroatoms. The summed E-state index contributed by atoms with van der Waals surface area (Å²) in [4.78, 5) is 10.2. The molecule has 0 bridgehead atoms. The van der Waals surface area contributed by atoms with Gasteiger partial charge in [-0.15, -0.1) is 0 Å². The summed E-state index contributed by atoms with van der Waals surface area (Å²) in [7, 11) is 0. The van der Waals surface area contributed by atoms with Gasteiger partial charge < -0.3 is 14.3 Å². The summed E-state index contributed by atoms with van der Waals surface area (Å²) in [5, 5.41) is 0. The number of fused-ring (bicyclic) bond motifs is 1. The topological polar surface area (TPSA) is 35.5 Å². The molecule has 86 valence electrons. The number of unbranched alkanes of at least 4 members (excludes halogenated alkanes) is 2. The zero-order valence-corrected chi connectivity index (χ0v) is 9.28. The smallest absolute Gasteiger partial charge is 0.161 e. The van der Waals surface area contributed by atoms with Gasteiger partial charge in [-0.3, -0.25) is 0 Å². The van der Waals surface area contributed by atoms with Crippen LogP contribution in [0.25, 0.3) is 0 Å². The maximum Gasteiger partial charge on any atom is 0.161 e. The van der Waals surface area contributed by atoms with Crippen molar-refractivity contribution in [2.75, 3.05) is 13.2 Å². The van der Waals surface area contributed by atoms with Crippen LogP contribution in [0, 0.1) is 0 Å². The number of carbonyl (C=O) groups excluding carboxylic acids is 1. The van der Waals surface area contributed by atoms with Gasteiger partial charge in [0, 0.05) is 6.42 Å². The number of aldehydes is 1. The van der Waals surface area contributed by atoms with Crippen LogP contribution < -0.4 is 9.47 Å². The van der Waals surface area contributed by atoms with Gasteiger partial charge in [0.05, 0.1) is 0 Å². The van der Waals surface area contributed by atoms with Crippen molar-refractivity contribution in [1.82, 2.24) is 0 Å². The highest BCUT2D eigenvalue weighted by Gasteiger charge is 2.11. The van der Waals surface area contributed by atoms with E-state index >= 15 is 0 Å². The molecule has 16 heavy (non-hydrogen) atoms. The van der Waals surface area contributed by atoms with Crippen molar-refractivity contribution in [3.8, 4) is 11.5 Å². The van der Waals surface area contributed by atoms with E-state index in [4.69, 9.17) is 9.47 Å². The fourth-order valence-electron chi connectivity index (χ4n) is 1.80. The zero-order valence-electron chi connectivity index (χ0n) is 9.28. The summed E-state index contributed by atoms with van der Waals surface area (Å²) in [5.74, 6) is 1.68. The van der Waals surface area contributed by atoms with Crippen molar-refractivity contribution < 1.29 is 14.3 Å². The molecule has 0 amide bonds. The predicted molar refractivity (Wildman–Crippen MR) is 61.1 cm³/mol. The molecule has 0 saturated carbocycles. The first-order chi connectivity index (χ1) is 7.90. The average molecular weight is 220 g/mol. The van der Waals surface area contributed by atoms with E-state index in [1.165, 1.54) is 5.56 Å². The Morgan fingerprint density at radius 2 is 1.94 bits per heavy atom. The molecule has 2 rings (SSSR count). The molecule has 1 aromatic rings. The Hall–Kier alpha value is -1.51. The zero-order chi connectivity index (χ0) is 11.2. The van der Waals surface area contributed by atoms with Crippen molar-refractivity contribution in [1.29, 1.82) is 0 Å². The van der Waals surface area contributed by atoms with Crippen LogP contribution in [0.3, 0.4) is 0 Å². The largest absolute Gasteiger partial charge is 0.486 e. The van der Waals surface area contributed by atoms with E-state index in [9.17, 15) is 4.79 Å². The molecule has 0 fully saturated rings. The molecule has 0 saturated heterocycles. The second kappa shape index (κ2) is 5.54. The summed E-state index contributed by atoms with van der Waals surface area (Å²) in [6.45, 7) is 1.26. The van der Waals surface area contributed by atoms with E-state index in [0.717, 1.165) is 37.0 Å². The van der Waals surface area contributed by atoms with E-state index in [-0.39, 0.29) is 0 Å². The van der Waals surface area contributed by atoms with Crippen LogP contribution in [0.5, 0.6) is 11.5 Å². The molecule has 0 unspecified atom stereocenters. The van der Waals surface area contributed by atoms with Crippen LogP contribution >= 0.6 is 0 Å². The van der Waals surface area contributed by atoms with Crippen LogP contribution in [0.4, 0.5) is 0 Å². The van der Waals surface area contributed by atoms with E-state index in [1.54, 1.807) is 0 Å². The average Bonchev–Trinajstić information content (AvgIpc) is 2.34. The third-order valence-corrected chi connectivity index (χ3v) is 2.64. The maximum absolute atomic E-state index is 10.2. The summed E-state index contributed by atoms with van der Waals surface area (Å²) in [6.07, 6.45) is 4.62. The SMILES string of the molecule is O=CCCCCc1ccc2c(c1)OCCO2. The predicted octanol–water partition coefficient (Wildman–Crippen LogP) is 2.37. The van der Waals surface area contributed by atoms with Gasteiger partial charge >= 0.3 is 0 Å². The van der Waals surface area contributed by atoms with E-state index in [1.807, 2.05) is 12.1 Å². The Bertz CT molecular complexity index is 360. The van der Waals surface area contributed by atoms with Crippen molar-refractivity contribution in [3.05, 3.63) is 23.8 Å². The molecule has 1 aromatic carbocycles. The molecular formula is C13H16O3. The Morgan fingerprint density at radius 3 is 2.75 bits per heavy atom. The van der Waals surface area contributed by atoms with Crippen LogP contribution in [0.15, 0.2) is 18.2 Å². The van der Waals surface area contributed by atoms with Gasteiger partial charge in [-0.05, 0) is 37.0 Å². The number of carbonyl (C=O) groups is 1. The number of benzene rings is 1. The Kier molecular flexibility index (Phi) is 3.81. The van der Waals surface area contributed by atoms with Gasteiger partial charge in [0.25, 0.3) is 0 Å². The van der Waals surface area contributed by atoms with E-state index < -0.39 is 0 Å². The molecule has 0 aliphatic carbocycles. The van der Waals surface area contributed by atoms with Crippen molar-refractivity contribution in [2.45, 2.75) is 25.7 Å². The van der Waals surface area contributed by atoms with E-state index in [2.05, 4.69) is 6.07 Å². The van der Waals surface area contributed by atoms with Gasteiger partial charge in [0.2, 0.25) is 0 Å². The lowest BCUT2D eigenvalue weighted by molar-refractivity contribution is -0.107. The molecule has 0 N–H and O–H groups in total. The van der Waals surface area contributed by atoms with Crippen molar-refractivity contribution >= 4 is 6.29 Å². The quantitative estimate of drug-likeness (QED) is 0.564. The summed E-state index contributed by atoms with van der Waals surface area (Å²) in [5.41, 5.74) is 1.25. The Morgan fingerprint density at radius 1 is 1.12 bits per heavy atom.